The molecule has 0 aromatic rings. The molecule has 0 bridgehead atoms. The summed E-state index contributed by atoms with van der Waals surface area (Å²) in [4.78, 5) is 21.8. The summed E-state index contributed by atoms with van der Waals surface area (Å²) in [5.74, 6) is -0.476. The van der Waals surface area contributed by atoms with Crippen LogP contribution in [0, 0.1) is 0 Å². The zero-order valence-corrected chi connectivity index (χ0v) is 8.60. The zero-order chi connectivity index (χ0) is 9.35. The van der Waals surface area contributed by atoms with Crippen LogP contribution in [0.1, 0.15) is 0 Å². The molecular formula is C8H13NO2Si. The van der Waals surface area contributed by atoms with E-state index in [9.17, 15) is 9.59 Å². The second-order valence-electron chi connectivity index (χ2n) is 4.23. The Hall–Kier alpha value is -0.903. The Labute approximate surface area is 72.9 Å². The highest BCUT2D eigenvalue weighted by Crippen LogP contribution is 2.18. The lowest BCUT2D eigenvalue weighted by atomic mass is 10.3. The molecule has 3 nitrogen and oxygen atoms in total. The molecule has 0 aromatic heterocycles. The third-order valence-corrected chi connectivity index (χ3v) is 3.00. The standard InChI is InChI=1S/C8H13NO2Si/c1-12(2,3)5-6-4-7(10)9-8(6)11/h4H,5H2,1-3H3,(H,9,10,11). The Morgan fingerprint density at radius 1 is 1.33 bits per heavy atom. The maximum atomic E-state index is 11.1. The summed E-state index contributed by atoms with van der Waals surface area (Å²) in [6, 6.07) is 0.782. The largest absolute Gasteiger partial charge is 0.289 e. The molecule has 1 heterocycles. The molecule has 66 valence electrons. The molecule has 0 unspecified atom stereocenters. The van der Waals surface area contributed by atoms with Crippen LogP contribution in [0.25, 0.3) is 0 Å². The fourth-order valence-electron chi connectivity index (χ4n) is 1.15. The summed E-state index contributed by atoms with van der Waals surface area (Å²) in [7, 11) is -1.27. The number of hydrogen-bond donors (Lipinski definition) is 1. The zero-order valence-electron chi connectivity index (χ0n) is 7.60. The Morgan fingerprint density at radius 2 is 1.92 bits per heavy atom. The summed E-state index contributed by atoms with van der Waals surface area (Å²) in [6.45, 7) is 6.51. The van der Waals surface area contributed by atoms with Crippen LogP contribution in [-0.4, -0.2) is 19.9 Å². The third-order valence-electron chi connectivity index (χ3n) is 1.55. The van der Waals surface area contributed by atoms with Crippen LogP contribution in [0.3, 0.4) is 0 Å². The molecule has 4 heteroatoms. The van der Waals surface area contributed by atoms with Gasteiger partial charge in [0.25, 0.3) is 11.8 Å². The summed E-state index contributed by atoms with van der Waals surface area (Å²) in [5, 5.41) is 2.24. The van der Waals surface area contributed by atoms with Crippen molar-refractivity contribution in [2.75, 3.05) is 0 Å². The van der Waals surface area contributed by atoms with Crippen molar-refractivity contribution in [3.8, 4) is 0 Å². The molecule has 1 rings (SSSR count). The SMILES string of the molecule is C[Si](C)(C)CC1=CC(=O)NC1=O. The number of hydrogen-bond acceptors (Lipinski definition) is 2. The van der Waals surface area contributed by atoms with Crippen LogP contribution in [0.5, 0.6) is 0 Å². The lowest BCUT2D eigenvalue weighted by Crippen LogP contribution is -2.26. The fraction of sp³-hybridized carbons (Fsp3) is 0.500. The Kier molecular flexibility index (Phi) is 2.19. The van der Waals surface area contributed by atoms with Crippen molar-refractivity contribution in [1.29, 1.82) is 0 Å². The van der Waals surface area contributed by atoms with Crippen molar-refractivity contribution in [3.63, 3.8) is 0 Å². The topological polar surface area (TPSA) is 46.2 Å². The minimum atomic E-state index is -1.27. The average Bonchev–Trinajstić information content (AvgIpc) is 2.06. The van der Waals surface area contributed by atoms with E-state index >= 15 is 0 Å². The molecule has 0 saturated heterocycles. The first kappa shape index (κ1) is 9.19. The van der Waals surface area contributed by atoms with Gasteiger partial charge in [0.05, 0.1) is 0 Å². The molecule has 0 saturated carbocycles. The highest BCUT2D eigenvalue weighted by molar-refractivity contribution is 6.77. The van der Waals surface area contributed by atoms with E-state index in [2.05, 4.69) is 25.0 Å². The minimum absolute atomic E-state index is 0.206. The lowest BCUT2D eigenvalue weighted by Gasteiger charge is -2.14. The van der Waals surface area contributed by atoms with Crippen LogP contribution in [0.4, 0.5) is 0 Å². The number of imide groups is 1. The van der Waals surface area contributed by atoms with E-state index < -0.39 is 8.07 Å². The lowest BCUT2D eigenvalue weighted by molar-refractivity contribution is -0.123. The predicted molar refractivity (Wildman–Crippen MR) is 49.4 cm³/mol. The number of carbonyl (C=O) groups is 2. The van der Waals surface area contributed by atoms with Gasteiger partial charge in [-0.2, -0.15) is 0 Å². The van der Waals surface area contributed by atoms with Crippen LogP contribution < -0.4 is 5.32 Å². The van der Waals surface area contributed by atoms with Crippen molar-refractivity contribution >= 4 is 19.9 Å². The van der Waals surface area contributed by atoms with Gasteiger partial charge in [-0.15, -0.1) is 0 Å². The first-order chi connectivity index (χ1) is 5.38. The van der Waals surface area contributed by atoms with Gasteiger partial charge in [0.2, 0.25) is 0 Å². The molecule has 0 aromatic carbocycles. The molecule has 1 aliphatic rings. The summed E-state index contributed by atoms with van der Waals surface area (Å²) < 4.78 is 0. The monoisotopic (exact) mass is 183 g/mol. The van der Waals surface area contributed by atoms with Gasteiger partial charge in [-0.05, 0) is 6.04 Å². The van der Waals surface area contributed by atoms with Gasteiger partial charge in [0, 0.05) is 19.7 Å². The van der Waals surface area contributed by atoms with Crippen molar-refractivity contribution in [3.05, 3.63) is 11.6 Å². The van der Waals surface area contributed by atoms with Crippen molar-refractivity contribution in [2.24, 2.45) is 0 Å². The first-order valence-electron chi connectivity index (χ1n) is 3.94. The van der Waals surface area contributed by atoms with Gasteiger partial charge in [-0.1, -0.05) is 19.6 Å². The average molecular weight is 183 g/mol. The maximum absolute atomic E-state index is 11.1. The number of nitrogens with one attached hydrogen (secondary N) is 1. The molecule has 0 fully saturated rings. The Bertz CT molecular complexity index is 263. The van der Waals surface area contributed by atoms with Crippen LogP contribution in [-0.2, 0) is 9.59 Å². The quantitative estimate of drug-likeness (QED) is 0.511. The molecular weight excluding hydrogens is 170 g/mol. The first-order valence-corrected chi connectivity index (χ1v) is 7.65. The third kappa shape index (κ3) is 2.30. The van der Waals surface area contributed by atoms with Crippen molar-refractivity contribution in [2.45, 2.75) is 25.7 Å². The second kappa shape index (κ2) is 2.86. The number of amides is 2. The van der Waals surface area contributed by atoms with E-state index in [4.69, 9.17) is 0 Å². The van der Waals surface area contributed by atoms with E-state index in [0.29, 0.717) is 5.57 Å². The number of rotatable bonds is 2. The maximum Gasteiger partial charge on any atom is 0.253 e. The molecule has 0 spiro atoms. The van der Waals surface area contributed by atoms with Crippen LogP contribution >= 0.6 is 0 Å². The minimum Gasteiger partial charge on any atom is -0.289 e. The normalized spacial score (nSPS) is 17.8. The molecule has 1 N–H and O–H groups in total. The van der Waals surface area contributed by atoms with Crippen LogP contribution in [0.2, 0.25) is 25.7 Å². The van der Waals surface area contributed by atoms with Gasteiger partial charge in [0.15, 0.2) is 0 Å². The number of carbonyl (C=O) groups excluding carboxylic acids is 2. The van der Waals surface area contributed by atoms with Gasteiger partial charge in [-0.25, -0.2) is 0 Å². The van der Waals surface area contributed by atoms with Gasteiger partial charge < -0.3 is 0 Å². The summed E-state index contributed by atoms with van der Waals surface area (Å²) in [6.07, 6.45) is 1.42. The molecule has 0 atom stereocenters. The smallest absolute Gasteiger partial charge is 0.253 e. The van der Waals surface area contributed by atoms with E-state index in [0.717, 1.165) is 6.04 Å². The molecule has 2 amide bonds. The molecule has 0 aliphatic carbocycles. The summed E-state index contributed by atoms with van der Waals surface area (Å²) in [5.41, 5.74) is 0.652. The van der Waals surface area contributed by atoms with Gasteiger partial charge in [0.1, 0.15) is 0 Å². The summed E-state index contributed by atoms with van der Waals surface area (Å²) >= 11 is 0. The van der Waals surface area contributed by atoms with Crippen molar-refractivity contribution in [1.82, 2.24) is 5.32 Å². The predicted octanol–water partition coefficient (Wildman–Crippen LogP) is 0.907. The highest BCUT2D eigenvalue weighted by atomic mass is 28.3. The second-order valence-corrected chi connectivity index (χ2v) is 9.70. The van der Waals surface area contributed by atoms with E-state index in [-0.39, 0.29) is 11.8 Å². The van der Waals surface area contributed by atoms with Gasteiger partial charge in [-0.3, -0.25) is 14.9 Å². The molecule has 1 aliphatic heterocycles. The Balaban J connectivity index is 2.71. The van der Waals surface area contributed by atoms with Crippen LogP contribution in [0.15, 0.2) is 11.6 Å². The van der Waals surface area contributed by atoms with E-state index in [1.54, 1.807) is 0 Å². The highest BCUT2D eigenvalue weighted by Gasteiger charge is 2.25. The van der Waals surface area contributed by atoms with Gasteiger partial charge >= 0.3 is 0 Å². The fourth-order valence-corrected chi connectivity index (χ4v) is 2.56. The molecule has 0 radical (unpaired) electrons. The van der Waals surface area contributed by atoms with E-state index in [1.165, 1.54) is 6.08 Å². The van der Waals surface area contributed by atoms with E-state index in [1.807, 2.05) is 0 Å². The molecule has 12 heavy (non-hydrogen) atoms. The Morgan fingerprint density at radius 3 is 2.25 bits per heavy atom. The van der Waals surface area contributed by atoms with Crippen molar-refractivity contribution < 1.29 is 9.59 Å².